The van der Waals surface area contributed by atoms with Crippen molar-refractivity contribution >= 4 is 12.0 Å². The molecule has 98 valence electrons. The largest absolute Gasteiger partial charge is 0.494 e. The zero-order valence-electron chi connectivity index (χ0n) is 10.1. The Morgan fingerprint density at radius 1 is 1.61 bits per heavy atom. The summed E-state index contributed by atoms with van der Waals surface area (Å²) in [6, 6.07) is 3.75. The second-order valence-corrected chi connectivity index (χ2v) is 3.82. The Hall–Kier alpha value is -1.88. The average molecular weight is 253 g/mol. The predicted molar refractivity (Wildman–Crippen MR) is 66.8 cm³/mol. The fourth-order valence-electron chi connectivity index (χ4n) is 1.40. The van der Waals surface area contributed by atoms with Gasteiger partial charge in [-0.15, -0.1) is 0 Å². The zero-order valence-corrected chi connectivity index (χ0v) is 10.1. The third-order valence-electron chi connectivity index (χ3n) is 2.45. The zero-order chi connectivity index (χ0) is 13.5. The molecule has 0 radical (unpaired) electrons. The third kappa shape index (κ3) is 4.18. The van der Waals surface area contributed by atoms with Gasteiger partial charge in [0.15, 0.2) is 11.6 Å². The summed E-state index contributed by atoms with van der Waals surface area (Å²) in [6.07, 6.45) is 4.37. The molecule has 1 aromatic rings. The SMILES string of the molecule is COc1ccc(/C=C/CCC(N)C(=O)O)cc1F. The van der Waals surface area contributed by atoms with Gasteiger partial charge in [-0.05, 0) is 30.5 Å². The fraction of sp³-hybridized carbons (Fsp3) is 0.308. The van der Waals surface area contributed by atoms with Gasteiger partial charge in [-0.25, -0.2) is 4.39 Å². The van der Waals surface area contributed by atoms with Gasteiger partial charge in [0, 0.05) is 0 Å². The molecule has 0 aliphatic carbocycles. The van der Waals surface area contributed by atoms with E-state index in [4.69, 9.17) is 15.6 Å². The lowest BCUT2D eigenvalue weighted by molar-refractivity contribution is -0.138. The number of benzene rings is 1. The van der Waals surface area contributed by atoms with Crippen molar-refractivity contribution in [3.05, 3.63) is 35.7 Å². The van der Waals surface area contributed by atoms with Crippen LogP contribution in [-0.4, -0.2) is 24.2 Å². The highest BCUT2D eigenvalue weighted by atomic mass is 19.1. The normalized spacial score (nSPS) is 12.6. The van der Waals surface area contributed by atoms with Crippen LogP contribution in [0.3, 0.4) is 0 Å². The molecule has 0 heterocycles. The van der Waals surface area contributed by atoms with Crippen LogP contribution in [-0.2, 0) is 4.79 Å². The molecule has 1 aromatic carbocycles. The maximum Gasteiger partial charge on any atom is 0.320 e. The van der Waals surface area contributed by atoms with Crippen LogP contribution in [0.4, 0.5) is 4.39 Å². The Morgan fingerprint density at radius 3 is 2.89 bits per heavy atom. The summed E-state index contributed by atoms with van der Waals surface area (Å²) in [5.74, 6) is -1.25. The second-order valence-electron chi connectivity index (χ2n) is 3.82. The molecule has 1 rings (SSSR count). The van der Waals surface area contributed by atoms with Crippen LogP contribution in [0.25, 0.3) is 6.08 Å². The molecule has 0 amide bonds. The number of nitrogens with two attached hydrogens (primary N) is 1. The molecule has 1 atom stereocenters. The number of methoxy groups -OCH3 is 1. The monoisotopic (exact) mass is 253 g/mol. The van der Waals surface area contributed by atoms with Gasteiger partial charge in [-0.2, -0.15) is 0 Å². The van der Waals surface area contributed by atoms with E-state index in [9.17, 15) is 9.18 Å². The summed E-state index contributed by atoms with van der Waals surface area (Å²) in [7, 11) is 1.40. The number of hydrogen-bond donors (Lipinski definition) is 2. The Balaban J connectivity index is 2.52. The van der Waals surface area contributed by atoms with E-state index in [0.717, 1.165) is 0 Å². The first-order valence-electron chi connectivity index (χ1n) is 5.53. The maximum atomic E-state index is 13.3. The third-order valence-corrected chi connectivity index (χ3v) is 2.45. The molecule has 3 N–H and O–H groups in total. The first kappa shape index (κ1) is 14.2. The summed E-state index contributed by atoms with van der Waals surface area (Å²) < 4.78 is 18.1. The standard InChI is InChI=1S/C13H16FNO3/c1-18-12-7-6-9(8-10(12)14)4-2-3-5-11(15)13(16)17/h2,4,6-8,11H,3,5,15H2,1H3,(H,16,17)/b4-2+. The summed E-state index contributed by atoms with van der Waals surface area (Å²) in [4.78, 5) is 10.5. The van der Waals surface area contributed by atoms with Crippen molar-refractivity contribution in [1.29, 1.82) is 0 Å². The van der Waals surface area contributed by atoms with Crippen molar-refractivity contribution in [2.75, 3.05) is 7.11 Å². The molecule has 0 aliphatic heterocycles. The number of hydrogen-bond acceptors (Lipinski definition) is 3. The van der Waals surface area contributed by atoms with Crippen molar-refractivity contribution in [1.82, 2.24) is 0 Å². The van der Waals surface area contributed by atoms with Crippen LogP contribution in [0.5, 0.6) is 5.75 Å². The number of ether oxygens (including phenoxy) is 1. The number of aliphatic carboxylic acids is 1. The van der Waals surface area contributed by atoms with Gasteiger partial charge in [0.25, 0.3) is 0 Å². The second kappa shape index (κ2) is 6.76. The summed E-state index contributed by atoms with van der Waals surface area (Å²) in [5, 5.41) is 8.58. The van der Waals surface area contributed by atoms with Crippen molar-refractivity contribution in [3.63, 3.8) is 0 Å². The average Bonchev–Trinajstić information content (AvgIpc) is 2.34. The maximum absolute atomic E-state index is 13.3. The molecule has 0 saturated carbocycles. The number of carboxylic acid groups (broad SMARTS) is 1. The van der Waals surface area contributed by atoms with Crippen LogP contribution in [0.1, 0.15) is 18.4 Å². The van der Waals surface area contributed by atoms with E-state index >= 15 is 0 Å². The van der Waals surface area contributed by atoms with Crippen LogP contribution in [0.2, 0.25) is 0 Å². The Bertz CT molecular complexity index is 446. The quantitative estimate of drug-likeness (QED) is 0.813. The minimum absolute atomic E-state index is 0.194. The van der Waals surface area contributed by atoms with Crippen molar-refractivity contribution < 1.29 is 19.0 Å². The number of carbonyl (C=O) groups is 1. The minimum Gasteiger partial charge on any atom is -0.494 e. The van der Waals surface area contributed by atoms with Gasteiger partial charge in [0.1, 0.15) is 6.04 Å². The minimum atomic E-state index is -1.01. The van der Waals surface area contributed by atoms with E-state index in [1.165, 1.54) is 19.2 Å². The topological polar surface area (TPSA) is 72.5 Å². The molecule has 0 saturated heterocycles. The van der Waals surface area contributed by atoms with E-state index in [0.29, 0.717) is 18.4 Å². The van der Waals surface area contributed by atoms with Crippen LogP contribution >= 0.6 is 0 Å². The molecular weight excluding hydrogens is 237 g/mol. The van der Waals surface area contributed by atoms with Crippen molar-refractivity contribution in [2.24, 2.45) is 5.73 Å². The van der Waals surface area contributed by atoms with Crippen LogP contribution in [0.15, 0.2) is 24.3 Å². The van der Waals surface area contributed by atoms with Gasteiger partial charge in [-0.3, -0.25) is 4.79 Å². The highest BCUT2D eigenvalue weighted by Gasteiger charge is 2.08. The van der Waals surface area contributed by atoms with E-state index in [2.05, 4.69) is 0 Å². The van der Waals surface area contributed by atoms with Crippen LogP contribution in [0, 0.1) is 5.82 Å². The summed E-state index contributed by atoms with van der Waals surface area (Å²) in [5.41, 5.74) is 6.04. The molecule has 1 unspecified atom stereocenters. The molecule has 0 spiro atoms. The lowest BCUT2D eigenvalue weighted by Gasteiger charge is -2.03. The molecule has 0 fully saturated rings. The summed E-state index contributed by atoms with van der Waals surface area (Å²) >= 11 is 0. The fourth-order valence-corrected chi connectivity index (χ4v) is 1.40. The molecule has 0 aromatic heterocycles. The van der Waals surface area contributed by atoms with Gasteiger partial charge < -0.3 is 15.6 Å². The molecule has 0 aliphatic rings. The molecule has 4 nitrogen and oxygen atoms in total. The molecular formula is C13H16FNO3. The van der Waals surface area contributed by atoms with E-state index in [1.54, 1.807) is 18.2 Å². The van der Waals surface area contributed by atoms with Crippen LogP contribution < -0.4 is 10.5 Å². The first-order valence-corrected chi connectivity index (χ1v) is 5.53. The Kier molecular flexibility index (Phi) is 5.32. The smallest absolute Gasteiger partial charge is 0.320 e. The molecule has 0 bridgehead atoms. The Labute approximate surface area is 105 Å². The highest BCUT2D eigenvalue weighted by molar-refractivity contribution is 5.73. The Morgan fingerprint density at radius 2 is 2.33 bits per heavy atom. The number of rotatable bonds is 6. The lowest BCUT2D eigenvalue weighted by Crippen LogP contribution is -2.29. The number of halogens is 1. The number of carboxylic acids is 1. The first-order chi connectivity index (χ1) is 8.54. The van der Waals surface area contributed by atoms with Crippen molar-refractivity contribution in [2.45, 2.75) is 18.9 Å². The summed E-state index contributed by atoms with van der Waals surface area (Å²) in [6.45, 7) is 0. The van der Waals surface area contributed by atoms with Gasteiger partial charge >= 0.3 is 5.97 Å². The molecule has 5 heteroatoms. The predicted octanol–water partition coefficient (Wildman–Crippen LogP) is 2.04. The number of allylic oxidation sites excluding steroid dienone is 1. The van der Waals surface area contributed by atoms with E-state index in [1.807, 2.05) is 0 Å². The van der Waals surface area contributed by atoms with Gasteiger partial charge in [-0.1, -0.05) is 18.2 Å². The lowest BCUT2D eigenvalue weighted by atomic mass is 10.1. The van der Waals surface area contributed by atoms with E-state index < -0.39 is 17.8 Å². The van der Waals surface area contributed by atoms with Gasteiger partial charge in [0.2, 0.25) is 0 Å². The highest BCUT2D eigenvalue weighted by Crippen LogP contribution is 2.18. The van der Waals surface area contributed by atoms with E-state index in [-0.39, 0.29) is 5.75 Å². The van der Waals surface area contributed by atoms with Crippen molar-refractivity contribution in [3.8, 4) is 5.75 Å². The molecule has 18 heavy (non-hydrogen) atoms. The van der Waals surface area contributed by atoms with Gasteiger partial charge in [0.05, 0.1) is 7.11 Å².